The smallest absolute Gasteiger partial charge is 0.337 e. The maximum Gasteiger partial charge on any atom is 0.337 e. The lowest BCUT2D eigenvalue weighted by molar-refractivity contribution is -0.123. The maximum atomic E-state index is 12.9. The SMILES string of the molecule is O=C(Nc1ccccc1C(=O)O)c1ccc(N2C(=O)[C@@H]3[C@H](C2=O)[C@H]2C=C[C@H]3C2)cc1. The fraction of sp³-hybridized carbons (Fsp3) is 0.217. The highest BCUT2D eigenvalue weighted by Gasteiger charge is 2.59. The average Bonchev–Trinajstić information content (AvgIpc) is 3.42. The van der Waals surface area contributed by atoms with Gasteiger partial charge < -0.3 is 10.4 Å². The van der Waals surface area contributed by atoms with E-state index in [4.69, 9.17) is 0 Å². The zero-order valence-electron chi connectivity index (χ0n) is 15.8. The topological polar surface area (TPSA) is 104 Å². The molecule has 0 spiro atoms. The van der Waals surface area contributed by atoms with Gasteiger partial charge in [-0.2, -0.15) is 0 Å². The number of carboxylic acids is 1. The summed E-state index contributed by atoms with van der Waals surface area (Å²) in [5.41, 5.74) is 0.923. The van der Waals surface area contributed by atoms with Crippen molar-refractivity contribution < 1.29 is 24.3 Å². The van der Waals surface area contributed by atoms with E-state index in [0.29, 0.717) is 11.3 Å². The molecule has 150 valence electrons. The van der Waals surface area contributed by atoms with E-state index in [1.165, 1.54) is 29.2 Å². The van der Waals surface area contributed by atoms with E-state index in [1.54, 1.807) is 24.3 Å². The third-order valence-electron chi connectivity index (χ3n) is 6.26. The highest BCUT2D eigenvalue weighted by molar-refractivity contribution is 6.23. The number of fused-ring (bicyclic) bond motifs is 5. The number of carbonyl (C=O) groups is 4. The molecule has 7 nitrogen and oxygen atoms in total. The molecule has 2 fully saturated rings. The quantitative estimate of drug-likeness (QED) is 0.605. The Morgan fingerprint density at radius 1 is 0.900 bits per heavy atom. The number of imide groups is 1. The summed E-state index contributed by atoms with van der Waals surface area (Å²) in [6, 6.07) is 12.3. The highest BCUT2D eigenvalue weighted by Crippen LogP contribution is 2.53. The first-order chi connectivity index (χ1) is 14.5. The van der Waals surface area contributed by atoms with Crippen molar-refractivity contribution in [1.82, 2.24) is 0 Å². The molecular formula is C23H18N2O5. The minimum Gasteiger partial charge on any atom is -0.478 e. The van der Waals surface area contributed by atoms with Crippen molar-refractivity contribution in [2.75, 3.05) is 10.2 Å². The molecule has 5 rings (SSSR count). The Kier molecular flexibility index (Phi) is 4.06. The predicted molar refractivity (Wildman–Crippen MR) is 108 cm³/mol. The molecule has 2 aliphatic carbocycles. The zero-order valence-corrected chi connectivity index (χ0v) is 15.8. The van der Waals surface area contributed by atoms with Gasteiger partial charge in [0.2, 0.25) is 11.8 Å². The fourth-order valence-electron chi connectivity index (χ4n) is 4.89. The summed E-state index contributed by atoms with van der Waals surface area (Å²) in [5, 5.41) is 11.8. The minimum atomic E-state index is -1.14. The number of carboxylic acid groups (broad SMARTS) is 1. The fourth-order valence-corrected chi connectivity index (χ4v) is 4.89. The Bertz CT molecular complexity index is 1090. The summed E-state index contributed by atoms with van der Waals surface area (Å²) < 4.78 is 0. The second-order valence-corrected chi connectivity index (χ2v) is 7.86. The largest absolute Gasteiger partial charge is 0.478 e. The molecule has 30 heavy (non-hydrogen) atoms. The van der Waals surface area contributed by atoms with Gasteiger partial charge in [0, 0.05) is 5.56 Å². The van der Waals surface area contributed by atoms with Gasteiger partial charge in [0.1, 0.15) is 0 Å². The Hall–Kier alpha value is -3.74. The lowest BCUT2D eigenvalue weighted by Gasteiger charge is -2.17. The summed E-state index contributed by atoms with van der Waals surface area (Å²) in [7, 11) is 0. The van der Waals surface area contributed by atoms with Crippen LogP contribution in [0.5, 0.6) is 0 Å². The zero-order chi connectivity index (χ0) is 21.0. The molecule has 2 bridgehead atoms. The van der Waals surface area contributed by atoms with Crippen LogP contribution in [-0.4, -0.2) is 28.8 Å². The van der Waals surface area contributed by atoms with Crippen molar-refractivity contribution >= 4 is 35.1 Å². The molecule has 1 heterocycles. The van der Waals surface area contributed by atoms with Crippen LogP contribution in [0.4, 0.5) is 11.4 Å². The van der Waals surface area contributed by atoms with Crippen LogP contribution in [0.15, 0.2) is 60.7 Å². The van der Waals surface area contributed by atoms with Crippen molar-refractivity contribution in [3.8, 4) is 0 Å². The number of amides is 3. The molecule has 1 saturated carbocycles. The van der Waals surface area contributed by atoms with Crippen LogP contribution in [0.1, 0.15) is 27.1 Å². The third kappa shape index (κ3) is 2.66. The van der Waals surface area contributed by atoms with Crippen LogP contribution < -0.4 is 10.2 Å². The monoisotopic (exact) mass is 402 g/mol. The second-order valence-electron chi connectivity index (χ2n) is 7.86. The van der Waals surface area contributed by atoms with E-state index >= 15 is 0 Å². The molecule has 4 atom stereocenters. The van der Waals surface area contributed by atoms with Crippen LogP contribution in [0, 0.1) is 23.7 Å². The Balaban J connectivity index is 1.35. The number of hydrogen-bond donors (Lipinski definition) is 2. The summed E-state index contributed by atoms with van der Waals surface area (Å²) in [6.07, 6.45) is 4.96. The van der Waals surface area contributed by atoms with Crippen LogP contribution in [0.25, 0.3) is 0 Å². The molecule has 3 amide bonds. The van der Waals surface area contributed by atoms with Crippen molar-refractivity contribution in [1.29, 1.82) is 0 Å². The highest BCUT2D eigenvalue weighted by atomic mass is 16.4. The molecule has 3 aliphatic rings. The van der Waals surface area contributed by atoms with E-state index in [-0.39, 0.29) is 46.7 Å². The third-order valence-corrected chi connectivity index (χ3v) is 6.26. The molecule has 7 heteroatoms. The van der Waals surface area contributed by atoms with Gasteiger partial charge in [-0.15, -0.1) is 0 Å². The minimum absolute atomic E-state index is 0.00879. The van der Waals surface area contributed by atoms with Gasteiger partial charge in [-0.25, -0.2) is 4.79 Å². The summed E-state index contributed by atoms with van der Waals surface area (Å²) in [6.45, 7) is 0. The second kappa shape index (κ2) is 6.66. The van der Waals surface area contributed by atoms with Crippen molar-refractivity contribution in [2.45, 2.75) is 6.42 Å². The molecule has 1 aliphatic heterocycles. The Labute approximate surface area is 172 Å². The molecule has 0 radical (unpaired) electrons. The number of nitrogens with zero attached hydrogens (tertiary/aromatic N) is 1. The maximum absolute atomic E-state index is 12.9. The van der Waals surface area contributed by atoms with Crippen LogP contribution in [0.2, 0.25) is 0 Å². The van der Waals surface area contributed by atoms with Gasteiger partial charge in [0.15, 0.2) is 0 Å². The van der Waals surface area contributed by atoms with Gasteiger partial charge in [0.25, 0.3) is 5.91 Å². The van der Waals surface area contributed by atoms with E-state index < -0.39 is 11.9 Å². The molecule has 2 aromatic rings. The number of hydrogen-bond acceptors (Lipinski definition) is 4. The number of para-hydroxylation sites is 1. The standard InChI is InChI=1S/C23H18N2O5/c26-20(24-17-4-2-1-3-16(17)23(29)30)12-7-9-15(10-8-12)25-21(27)18-13-5-6-14(11-13)19(18)22(25)28/h1-10,13-14,18-19H,11H2,(H,24,26)(H,29,30)/t13-,14-,18-,19+/m0/s1. The molecule has 0 unspecified atom stereocenters. The summed E-state index contributed by atoms with van der Waals surface area (Å²) in [5.74, 6) is -2.23. The first-order valence-electron chi connectivity index (χ1n) is 9.75. The molecule has 0 aromatic heterocycles. The summed E-state index contributed by atoms with van der Waals surface area (Å²) in [4.78, 5) is 50.9. The average molecular weight is 402 g/mol. The van der Waals surface area contributed by atoms with Gasteiger partial charge >= 0.3 is 5.97 Å². The normalized spacial score (nSPS) is 26.2. The first-order valence-corrected chi connectivity index (χ1v) is 9.75. The van der Waals surface area contributed by atoms with Crippen LogP contribution >= 0.6 is 0 Å². The van der Waals surface area contributed by atoms with E-state index in [1.807, 2.05) is 12.2 Å². The number of carbonyl (C=O) groups excluding carboxylic acids is 3. The number of nitrogens with one attached hydrogen (secondary N) is 1. The van der Waals surface area contributed by atoms with E-state index in [0.717, 1.165) is 6.42 Å². The van der Waals surface area contributed by atoms with E-state index in [2.05, 4.69) is 5.32 Å². The van der Waals surface area contributed by atoms with Gasteiger partial charge in [-0.3, -0.25) is 19.3 Å². The van der Waals surface area contributed by atoms with Crippen molar-refractivity contribution in [2.24, 2.45) is 23.7 Å². The number of rotatable bonds is 4. The number of benzene rings is 2. The Morgan fingerprint density at radius 2 is 1.50 bits per heavy atom. The summed E-state index contributed by atoms with van der Waals surface area (Å²) >= 11 is 0. The molecular weight excluding hydrogens is 384 g/mol. The lowest BCUT2D eigenvalue weighted by atomic mass is 9.85. The Morgan fingerprint density at radius 3 is 2.10 bits per heavy atom. The van der Waals surface area contributed by atoms with Crippen LogP contribution in [-0.2, 0) is 9.59 Å². The first kappa shape index (κ1) is 18.3. The predicted octanol–water partition coefficient (Wildman–Crippen LogP) is 2.95. The number of aromatic carboxylic acids is 1. The molecule has 2 N–H and O–H groups in total. The van der Waals surface area contributed by atoms with Crippen molar-refractivity contribution in [3.05, 3.63) is 71.8 Å². The van der Waals surface area contributed by atoms with Gasteiger partial charge in [0.05, 0.1) is 28.8 Å². The molecule has 1 saturated heterocycles. The van der Waals surface area contributed by atoms with Gasteiger partial charge in [-0.05, 0) is 54.7 Å². The van der Waals surface area contributed by atoms with Crippen LogP contribution in [0.3, 0.4) is 0 Å². The number of allylic oxidation sites excluding steroid dienone is 2. The van der Waals surface area contributed by atoms with Crippen molar-refractivity contribution in [3.63, 3.8) is 0 Å². The van der Waals surface area contributed by atoms with Gasteiger partial charge in [-0.1, -0.05) is 24.3 Å². The molecule has 2 aromatic carbocycles. The lowest BCUT2D eigenvalue weighted by Crippen LogP contribution is -2.32. The number of anilines is 2. The van der Waals surface area contributed by atoms with E-state index in [9.17, 15) is 24.3 Å².